The zero-order valence-corrected chi connectivity index (χ0v) is 9.19. The van der Waals surface area contributed by atoms with Crippen molar-refractivity contribution in [1.82, 2.24) is 5.32 Å². The van der Waals surface area contributed by atoms with Crippen LogP contribution in [0.5, 0.6) is 0 Å². The van der Waals surface area contributed by atoms with E-state index in [9.17, 15) is 4.79 Å². The molecule has 1 atom stereocenters. The maximum absolute atomic E-state index is 12.0. The average Bonchev–Trinajstić information content (AvgIpc) is 2.76. The van der Waals surface area contributed by atoms with E-state index in [-0.39, 0.29) is 5.41 Å². The van der Waals surface area contributed by atoms with Gasteiger partial charge in [0.05, 0.1) is 0 Å². The molecule has 0 aromatic carbocycles. The molecule has 1 saturated heterocycles. The Morgan fingerprint density at radius 2 is 2.57 bits per heavy atom. The van der Waals surface area contributed by atoms with Gasteiger partial charge >= 0.3 is 0 Å². The average molecular weight is 209 g/mol. The van der Waals surface area contributed by atoms with Gasteiger partial charge in [0, 0.05) is 23.3 Å². The minimum atomic E-state index is -0.121. The van der Waals surface area contributed by atoms with E-state index in [1.165, 1.54) is 4.88 Å². The molecule has 1 unspecified atom stereocenters. The zero-order chi connectivity index (χ0) is 10.0. The topological polar surface area (TPSA) is 29.1 Å². The summed E-state index contributed by atoms with van der Waals surface area (Å²) in [5.74, 6) is 0.380. The van der Waals surface area contributed by atoms with Crippen molar-refractivity contribution < 1.29 is 4.79 Å². The van der Waals surface area contributed by atoms with Crippen LogP contribution in [0.3, 0.4) is 0 Å². The van der Waals surface area contributed by atoms with Crippen LogP contribution < -0.4 is 5.32 Å². The number of rotatable bonds is 3. The molecule has 1 aliphatic rings. The van der Waals surface area contributed by atoms with Crippen LogP contribution in [0, 0.1) is 5.41 Å². The maximum atomic E-state index is 12.0. The molecule has 1 fully saturated rings. The van der Waals surface area contributed by atoms with Crippen LogP contribution in [0.4, 0.5) is 0 Å². The van der Waals surface area contributed by atoms with Crippen molar-refractivity contribution in [2.24, 2.45) is 5.41 Å². The van der Waals surface area contributed by atoms with Crippen molar-refractivity contribution in [3.8, 4) is 0 Å². The fourth-order valence-corrected chi connectivity index (χ4v) is 2.54. The highest BCUT2D eigenvalue weighted by molar-refractivity contribution is 7.10. The second-order valence-corrected chi connectivity index (χ2v) is 5.20. The van der Waals surface area contributed by atoms with E-state index < -0.39 is 0 Å². The normalized spacial score (nSPS) is 26.6. The molecule has 1 aromatic heterocycles. The van der Waals surface area contributed by atoms with Crippen molar-refractivity contribution in [2.45, 2.75) is 19.8 Å². The Bertz CT molecular complexity index is 312. The Morgan fingerprint density at radius 3 is 3.14 bits per heavy atom. The van der Waals surface area contributed by atoms with Crippen LogP contribution in [0.1, 0.15) is 18.2 Å². The lowest BCUT2D eigenvalue weighted by atomic mass is 9.83. The Labute approximate surface area is 88.3 Å². The number of nitrogens with one attached hydrogen (secondary N) is 1. The van der Waals surface area contributed by atoms with Crippen LogP contribution in [-0.2, 0) is 11.2 Å². The lowest BCUT2D eigenvalue weighted by Crippen LogP contribution is -2.31. The van der Waals surface area contributed by atoms with E-state index in [1.54, 1.807) is 11.3 Å². The first-order valence-electron chi connectivity index (χ1n) is 4.97. The van der Waals surface area contributed by atoms with Crippen LogP contribution in [-0.4, -0.2) is 18.9 Å². The van der Waals surface area contributed by atoms with Gasteiger partial charge in [0.25, 0.3) is 0 Å². The van der Waals surface area contributed by atoms with Crippen molar-refractivity contribution in [1.29, 1.82) is 0 Å². The van der Waals surface area contributed by atoms with Crippen molar-refractivity contribution in [2.75, 3.05) is 13.1 Å². The number of thiophene rings is 1. The molecule has 14 heavy (non-hydrogen) atoms. The second kappa shape index (κ2) is 3.83. The third-order valence-electron chi connectivity index (χ3n) is 2.96. The highest BCUT2D eigenvalue weighted by Gasteiger charge is 2.35. The standard InChI is InChI=1S/C11H15NOS/c1-11(4-5-12-8-11)10(13)7-9-3-2-6-14-9/h2-3,6,12H,4-5,7-8H2,1H3. The van der Waals surface area contributed by atoms with Crippen molar-refractivity contribution >= 4 is 17.1 Å². The molecule has 2 nitrogen and oxygen atoms in total. The fourth-order valence-electron chi connectivity index (χ4n) is 1.84. The SMILES string of the molecule is CC1(C(=O)Cc2cccs2)CCNC1. The Balaban J connectivity index is 2.02. The molecule has 0 spiro atoms. The molecule has 2 rings (SSSR count). The second-order valence-electron chi connectivity index (χ2n) is 4.17. The molecular weight excluding hydrogens is 194 g/mol. The molecule has 1 aliphatic heterocycles. The van der Waals surface area contributed by atoms with Crippen molar-refractivity contribution in [3.63, 3.8) is 0 Å². The third kappa shape index (κ3) is 1.88. The van der Waals surface area contributed by atoms with Crippen LogP contribution in [0.2, 0.25) is 0 Å². The van der Waals surface area contributed by atoms with E-state index in [0.29, 0.717) is 12.2 Å². The molecule has 0 bridgehead atoms. The van der Waals surface area contributed by atoms with Gasteiger partial charge in [-0.25, -0.2) is 0 Å². The third-order valence-corrected chi connectivity index (χ3v) is 3.83. The Hall–Kier alpha value is -0.670. The first-order chi connectivity index (χ1) is 6.71. The lowest BCUT2D eigenvalue weighted by Gasteiger charge is -2.20. The van der Waals surface area contributed by atoms with Gasteiger partial charge in [0.1, 0.15) is 5.78 Å². The van der Waals surface area contributed by atoms with Gasteiger partial charge in [-0.2, -0.15) is 0 Å². The first kappa shape index (κ1) is 9.87. The monoisotopic (exact) mass is 209 g/mol. The van der Waals surface area contributed by atoms with Gasteiger partial charge in [0.15, 0.2) is 0 Å². The molecular formula is C11H15NOS. The zero-order valence-electron chi connectivity index (χ0n) is 8.38. The maximum Gasteiger partial charge on any atom is 0.145 e. The van der Waals surface area contributed by atoms with Gasteiger partial charge in [0.2, 0.25) is 0 Å². The lowest BCUT2D eigenvalue weighted by molar-refractivity contribution is -0.126. The summed E-state index contributed by atoms with van der Waals surface area (Å²) in [6.45, 7) is 3.90. The van der Waals surface area contributed by atoms with E-state index in [4.69, 9.17) is 0 Å². The predicted octanol–water partition coefficient (Wildman–Crippen LogP) is 1.86. The predicted molar refractivity (Wildman–Crippen MR) is 58.6 cm³/mol. The number of Topliss-reactive ketones (excluding diaryl/α,β-unsaturated/α-hetero) is 1. The summed E-state index contributed by atoms with van der Waals surface area (Å²) in [4.78, 5) is 13.2. The minimum Gasteiger partial charge on any atom is -0.316 e. The summed E-state index contributed by atoms with van der Waals surface area (Å²) < 4.78 is 0. The van der Waals surface area contributed by atoms with Crippen LogP contribution >= 0.6 is 11.3 Å². The number of ketones is 1. The molecule has 1 N–H and O–H groups in total. The van der Waals surface area contributed by atoms with Gasteiger partial charge < -0.3 is 5.32 Å². The van der Waals surface area contributed by atoms with Gasteiger partial charge in [-0.1, -0.05) is 13.0 Å². The fraction of sp³-hybridized carbons (Fsp3) is 0.545. The summed E-state index contributed by atoms with van der Waals surface area (Å²) in [6.07, 6.45) is 1.59. The summed E-state index contributed by atoms with van der Waals surface area (Å²) in [6, 6.07) is 4.04. The van der Waals surface area contributed by atoms with Crippen LogP contribution in [0.25, 0.3) is 0 Å². The molecule has 0 amide bonds. The molecule has 0 radical (unpaired) electrons. The molecule has 0 aliphatic carbocycles. The van der Waals surface area contributed by atoms with Gasteiger partial charge in [-0.3, -0.25) is 4.79 Å². The van der Waals surface area contributed by atoms with Crippen molar-refractivity contribution in [3.05, 3.63) is 22.4 Å². The summed E-state index contributed by atoms with van der Waals surface area (Å²) in [5.41, 5.74) is -0.121. The quantitative estimate of drug-likeness (QED) is 0.823. The summed E-state index contributed by atoms with van der Waals surface area (Å²) >= 11 is 1.67. The molecule has 1 aromatic rings. The van der Waals surface area contributed by atoms with E-state index in [0.717, 1.165) is 19.5 Å². The van der Waals surface area contributed by atoms with E-state index >= 15 is 0 Å². The van der Waals surface area contributed by atoms with E-state index in [2.05, 4.69) is 12.2 Å². The highest BCUT2D eigenvalue weighted by atomic mass is 32.1. The minimum absolute atomic E-state index is 0.121. The Kier molecular flexibility index (Phi) is 2.70. The highest BCUT2D eigenvalue weighted by Crippen LogP contribution is 2.27. The first-order valence-corrected chi connectivity index (χ1v) is 5.85. The van der Waals surface area contributed by atoms with Gasteiger partial charge in [-0.15, -0.1) is 11.3 Å². The molecule has 2 heterocycles. The van der Waals surface area contributed by atoms with E-state index in [1.807, 2.05) is 17.5 Å². The number of carbonyl (C=O) groups excluding carboxylic acids is 1. The van der Waals surface area contributed by atoms with Crippen LogP contribution in [0.15, 0.2) is 17.5 Å². The van der Waals surface area contributed by atoms with Gasteiger partial charge in [-0.05, 0) is 24.4 Å². The molecule has 3 heteroatoms. The smallest absolute Gasteiger partial charge is 0.145 e. The Morgan fingerprint density at radius 1 is 1.71 bits per heavy atom. The molecule has 76 valence electrons. The molecule has 0 saturated carbocycles. The largest absolute Gasteiger partial charge is 0.316 e. The number of hydrogen-bond acceptors (Lipinski definition) is 3. The summed E-state index contributed by atoms with van der Waals surface area (Å²) in [5, 5.41) is 5.28. The summed E-state index contributed by atoms with van der Waals surface area (Å²) in [7, 11) is 0. The number of hydrogen-bond donors (Lipinski definition) is 1. The number of carbonyl (C=O) groups is 1.